The van der Waals surface area contributed by atoms with Crippen LogP contribution in [0, 0.1) is 11.3 Å². The zero-order chi connectivity index (χ0) is 17.1. The van der Waals surface area contributed by atoms with Crippen LogP contribution in [0.2, 0.25) is 0 Å². The fraction of sp³-hybridized carbons (Fsp3) is 0.111. The number of anilines is 1. The Hall–Kier alpha value is -2.91. The Morgan fingerprint density at radius 1 is 1.17 bits per heavy atom. The summed E-state index contributed by atoms with van der Waals surface area (Å²) in [4.78, 5) is 14.0. The lowest BCUT2D eigenvalue weighted by Crippen LogP contribution is -2.46. The first kappa shape index (κ1) is 16.0. The molecule has 1 unspecified atom stereocenters. The Morgan fingerprint density at radius 3 is 2.42 bits per heavy atom. The van der Waals surface area contributed by atoms with Crippen molar-refractivity contribution in [3.05, 3.63) is 70.8 Å². The van der Waals surface area contributed by atoms with Gasteiger partial charge in [0.05, 0.1) is 12.1 Å². The first-order chi connectivity index (χ1) is 11.7. The van der Waals surface area contributed by atoms with Gasteiger partial charge in [-0.3, -0.25) is 4.79 Å². The van der Waals surface area contributed by atoms with Gasteiger partial charge in [0.2, 0.25) is 0 Å². The van der Waals surface area contributed by atoms with E-state index in [1.54, 1.807) is 7.11 Å². The molecule has 0 aliphatic carbocycles. The number of ether oxygens (including phenoxy) is 1. The molecule has 3 rings (SSSR count). The Labute approximate surface area is 145 Å². The van der Waals surface area contributed by atoms with E-state index in [-0.39, 0.29) is 5.57 Å². The Bertz CT molecular complexity index is 826. The van der Waals surface area contributed by atoms with Crippen molar-refractivity contribution in [1.82, 2.24) is 5.32 Å². The average molecular weight is 337 g/mol. The third-order valence-electron chi connectivity index (χ3n) is 3.78. The monoisotopic (exact) mass is 337 g/mol. The Kier molecular flexibility index (Phi) is 4.45. The van der Waals surface area contributed by atoms with Gasteiger partial charge in [-0.05, 0) is 29.8 Å². The van der Waals surface area contributed by atoms with Gasteiger partial charge in [0, 0.05) is 5.69 Å². The molecule has 0 saturated carbocycles. The van der Waals surface area contributed by atoms with Crippen LogP contribution in [0.15, 0.2) is 65.2 Å². The molecule has 0 saturated heterocycles. The number of nitrogens with zero attached hydrogens (tertiary/aromatic N) is 2. The van der Waals surface area contributed by atoms with Crippen molar-refractivity contribution in [2.45, 2.75) is 6.17 Å². The topological polar surface area (TPSA) is 65.4 Å². The fourth-order valence-electron chi connectivity index (χ4n) is 2.59. The van der Waals surface area contributed by atoms with Crippen molar-refractivity contribution in [3.63, 3.8) is 0 Å². The maximum atomic E-state index is 12.2. The minimum Gasteiger partial charge on any atom is -0.497 e. The van der Waals surface area contributed by atoms with E-state index in [1.165, 1.54) is 0 Å². The molecule has 1 atom stereocenters. The van der Waals surface area contributed by atoms with Crippen molar-refractivity contribution in [2.75, 3.05) is 12.0 Å². The minimum atomic E-state index is -0.448. The number of hydrogen-bond donors (Lipinski definition) is 2. The highest BCUT2D eigenvalue weighted by atomic mass is 32.1. The fourth-order valence-corrected chi connectivity index (χ4v) is 2.97. The third kappa shape index (κ3) is 2.82. The second-order valence-electron chi connectivity index (χ2n) is 5.17. The molecule has 2 aromatic rings. The molecule has 24 heavy (non-hydrogen) atoms. The zero-order valence-corrected chi connectivity index (χ0v) is 13.8. The molecule has 0 radical (unpaired) electrons. The predicted molar refractivity (Wildman–Crippen MR) is 94.4 cm³/mol. The molecular formula is C18H15N3O2S. The summed E-state index contributed by atoms with van der Waals surface area (Å²) in [6, 6.07) is 18.8. The SMILES string of the molecule is COc1ccc(N2C(S)=C(C#N)C(=O)NC2c2ccccc2)cc1. The summed E-state index contributed by atoms with van der Waals surface area (Å²) in [5.41, 5.74) is 1.67. The molecule has 1 aliphatic heterocycles. The molecule has 0 aromatic heterocycles. The molecule has 2 aromatic carbocycles. The molecule has 1 amide bonds. The van der Waals surface area contributed by atoms with Crippen LogP contribution < -0.4 is 15.0 Å². The third-order valence-corrected chi connectivity index (χ3v) is 4.22. The van der Waals surface area contributed by atoms with E-state index in [9.17, 15) is 10.1 Å². The number of carbonyl (C=O) groups excluding carboxylic acids is 1. The van der Waals surface area contributed by atoms with E-state index in [4.69, 9.17) is 4.74 Å². The normalized spacial score (nSPS) is 17.3. The lowest BCUT2D eigenvalue weighted by atomic mass is 10.1. The second kappa shape index (κ2) is 6.69. The average Bonchev–Trinajstić information content (AvgIpc) is 2.62. The number of nitriles is 1. The van der Waals surface area contributed by atoms with Crippen LogP contribution in [0.25, 0.3) is 0 Å². The number of thiol groups is 1. The van der Waals surface area contributed by atoms with Crippen molar-refractivity contribution in [2.24, 2.45) is 0 Å². The number of rotatable bonds is 3. The van der Waals surface area contributed by atoms with Gasteiger partial charge < -0.3 is 15.0 Å². The van der Waals surface area contributed by atoms with Gasteiger partial charge in [0.15, 0.2) is 0 Å². The number of amides is 1. The molecular weight excluding hydrogens is 322 g/mol. The van der Waals surface area contributed by atoms with Gasteiger partial charge in [0.1, 0.15) is 23.6 Å². The number of benzene rings is 2. The molecule has 0 bridgehead atoms. The molecule has 5 nitrogen and oxygen atoms in total. The highest BCUT2D eigenvalue weighted by Crippen LogP contribution is 2.36. The lowest BCUT2D eigenvalue weighted by Gasteiger charge is -2.38. The number of nitrogens with one attached hydrogen (secondary N) is 1. The maximum Gasteiger partial charge on any atom is 0.266 e. The van der Waals surface area contributed by atoms with Crippen LogP contribution in [-0.4, -0.2) is 13.0 Å². The van der Waals surface area contributed by atoms with E-state index in [2.05, 4.69) is 17.9 Å². The van der Waals surface area contributed by atoms with Crippen LogP contribution in [0.5, 0.6) is 5.75 Å². The second-order valence-corrected chi connectivity index (χ2v) is 5.59. The van der Waals surface area contributed by atoms with Crippen LogP contribution in [0.3, 0.4) is 0 Å². The van der Waals surface area contributed by atoms with Crippen molar-refractivity contribution in [1.29, 1.82) is 5.26 Å². The Morgan fingerprint density at radius 2 is 1.83 bits per heavy atom. The first-order valence-electron chi connectivity index (χ1n) is 7.28. The number of carbonyl (C=O) groups is 1. The Balaban J connectivity index is 2.12. The first-order valence-corrected chi connectivity index (χ1v) is 7.73. The molecule has 0 fully saturated rings. The molecule has 120 valence electrons. The molecule has 1 aliphatic rings. The summed E-state index contributed by atoms with van der Waals surface area (Å²) < 4.78 is 5.18. The minimum absolute atomic E-state index is 0.0127. The largest absolute Gasteiger partial charge is 0.497 e. The smallest absolute Gasteiger partial charge is 0.266 e. The summed E-state index contributed by atoms with van der Waals surface area (Å²) in [7, 11) is 1.60. The predicted octanol–water partition coefficient (Wildman–Crippen LogP) is 3.00. The van der Waals surface area contributed by atoms with Crippen molar-refractivity contribution < 1.29 is 9.53 Å². The number of hydrogen-bond acceptors (Lipinski definition) is 5. The molecule has 1 heterocycles. The summed E-state index contributed by atoms with van der Waals surface area (Å²) in [5, 5.41) is 12.5. The standard InChI is InChI=1S/C18H15N3O2S/c1-23-14-9-7-13(8-10-14)21-16(12-5-3-2-4-6-12)20-17(22)15(11-19)18(21)24/h2-10,16,24H,1H3,(H,20,22). The van der Waals surface area contributed by atoms with E-state index in [1.807, 2.05) is 65.6 Å². The van der Waals surface area contributed by atoms with Crippen LogP contribution in [0.4, 0.5) is 5.69 Å². The van der Waals surface area contributed by atoms with Gasteiger partial charge in [-0.2, -0.15) is 5.26 Å². The number of methoxy groups -OCH3 is 1. The van der Waals surface area contributed by atoms with E-state index >= 15 is 0 Å². The molecule has 0 spiro atoms. The van der Waals surface area contributed by atoms with Crippen molar-refractivity contribution >= 4 is 24.2 Å². The summed E-state index contributed by atoms with van der Waals surface area (Å²) >= 11 is 4.45. The van der Waals surface area contributed by atoms with Crippen molar-refractivity contribution in [3.8, 4) is 11.8 Å². The van der Waals surface area contributed by atoms with Crippen LogP contribution in [0.1, 0.15) is 11.7 Å². The lowest BCUT2D eigenvalue weighted by molar-refractivity contribution is -0.118. The van der Waals surface area contributed by atoms with Gasteiger partial charge in [-0.1, -0.05) is 30.3 Å². The van der Waals surface area contributed by atoms with Gasteiger partial charge in [-0.15, -0.1) is 12.6 Å². The van der Waals surface area contributed by atoms with E-state index in [0.717, 1.165) is 17.0 Å². The van der Waals surface area contributed by atoms with E-state index in [0.29, 0.717) is 5.03 Å². The van der Waals surface area contributed by atoms with E-state index < -0.39 is 12.1 Å². The van der Waals surface area contributed by atoms with Gasteiger partial charge in [-0.25, -0.2) is 0 Å². The summed E-state index contributed by atoms with van der Waals surface area (Å²) in [5.74, 6) is 0.294. The van der Waals surface area contributed by atoms with Gasteiger partial charge >= 0.3 is 0 Å². The van der Waals surface area contributed by atoms with Crippen LogP contribution >= 0.6 is 12.6 Å². The summed E-state index contributed by atoms with van der Waals surface area (Å²) in [6.07, 6.45) is -0.448. The zero-order valence-electron chi connectivity index (χ0n) is 12.9. The summed E-state index contributed by atoms with van der Waals surface area (Å²) in [6.45, 7) is 0. The quantitative estimate of drug-likeness (QED) is 0.845. The van der Waals surface area contributed by atoms with Gasteiger partial charge in [0.25, 0.3) is 5.91 Å². The molecule has 1 N–H and O–H groups in total. The molecule has 6 heteroatoms. The van der Waals surface area contributed by atoms with Crippen LogP contribution in [-0.2, 0) is 4.79 Å². The highest BCUT2D eigenvalue weighted by Gasteiger charge is 2.33. The maximum absolute atomic E-state index is 12.2. The highest BCUT2D eigenvalue weighted by molar-refractivity contribution is 7.84.